The van der Waals surface area contributed by atoms with E-state index in [9.17, 15) is 19.2 Å². The molecule has 3 aromatic rings. The van der Waals surface area contributed by atoms with Crippen LogP contribution in [0.2, 0.25) is 0 Å². The Labute approximate surface area is 205 Å². The fourth-order valence-corrected chi connectivity index (χ4v) is 4.30. The normalized spacial score (nSPS) is 14.4. The van der Waals surface area contributed by atoms with Crippen LogP contribution in [0, 0.1) is 0 Å². The average Bonchev–Trinajstić information content (AvgIpc) is 3.11. The third-order valence-electron chi connectivity index (χ3n) is 5.08. The number of imide groups is 1. The van der Waals surface area contributed by atoms with Crippen molar-refractivity contribution < 1.29 is 28.7 Å². The molecule has 3 amide bonds. The molecule has 8 nitrogen and oxygen atoms in total. The largest absolute Gasteiger partial charge is 0.482 e. The lowest BCUT2D eigenvalue weighted by Gasteiger charge is -2.13. The molecule has 1 N–H and O–H groups in total. The van der Waals surface area contributed by atoms with E-state index in [4.69, 9.17) is 9.47 Å². The Morgan fingerprint density at radius 2 is 1.74 bits per heavy atom. The van der Waals surface area contributed by atoms with Gasteiger partial charge in [-0.3, -0.25) is 19.3 Å². The van der Waals surface area contributed by atoms with Gasteiger partial charge < -0.3 is 14.8 Å². The molecule has 1 saturated heterocycles. The number of anilines is 1. The van der Waals surface area contributed by atoms with Crippen LogP contribution in [-0.2, 0) is 19.1 Å². The highest BCUT2D eigenvalue weighted by molar-refractivity contribution is 8.18. The lowest BCUT2D eigenvalue weighted by Crippen LogP contribution is -2.36. The van der Waals surface area contributed by atoms with Gasteiger partial charge in [0.25, 0.3) is 11.1 Å². The first-order valence-corrected chi connectivity index (χ1v) is 11.7. The summed E-state index contributed by atoms with van der Waals surface area (Å²) in [5.41, 5.74) is 1.28. The van der Waals surface area contributed by atoms with Crippen molar-refractivity contribution in [3.05, 3.63) is 77.2 Å². The standard InChI is InChI=1S/C26H22N2O6S/c1-2-33-24(30)16-34-19-12-10-17(11-13-19)14-22-25(31)28(26(32)35-22)15-23(29)27-21-9-5-7-18-6-3-4-8-20(18)21/h3-14H,2,15-16H2,1H3,(H,27,29)/b22-14-. The van der Waals surface area contributed by atoms with Crippen LogP contribution in [0.25, 0.3) is 16.8 Å². The SMILES string of the molecule is CCOC(=O)COc1ccc(/C=C2\SC(=O)N(CC(=O)Nc3cccc4ccccc34)C2=O)cc1. The second kappa shape index (κ2) is 10.9. The number of thioether (sulfide) groups is 1. The molecule has 0 aromatic heterocycles. The van der Waals surface area contributed by atoms with Crippen LogP contribution in [-0.4, -0.2) is 47.7 Å². The molecule has 1 fully saturated rings. The van der Waals surface area contributed by atoms with Crippen LogP contribution < -0.4 is 10.1 Å². The topological polar surface area (TPSA) is 102 Å². The number of rotatable bonds is 8. The number of fused-ring (bicyclic) bond motifs is 1. The second-order valence-electron chi connectivity index (χ2n) is 7.51. The third-order valence-corrected chi connectivity index (χ3v) is 5.99. The molecule has 0 saturated carbocycles. The molecule has 1 heterocycles. The molecular weight excluding hydrogens is 468 g/mol. The van der Waals surface area contributed by atoms with Gasteiger partial charge in [0, 0.05) is 11.1 Å². The smallest absolute Gasteiger partial charge is 0.344 e. The Bertz CT molecular complexity index is 1310. The van der Waals surface area contributed by atoms with Crippen LogP contribution in [0.3, 0.4) is 0 Å². The summed E-state index contributed by atoms with van der Waals surface area (Å²) in [4.78, 5) is 50.4. The first-order chi connectivity index (χ1) is 16.9. The van der Waals surface area contributed by atoms with Crippen molar-refractivity contribution in [2.75, 3.05) is 25.1 Å². The third kappa shape index (κ3) is 5.88. The Balaban J connectivity index is 1.38. The van der Waals surface area contributed by atoms with Gasteiger partial charge in [-0.15, -0.1) is 0 Å². The van der Waals surface area contributed by atoms with Crippen molar-refractivity contribution in [2.45, 2.75) is 6.92 Å². The molecule has 3 aromatic carbocycles. The summed E-state index contributed by atoms with van der Waals surface area (Å²) in [5, 5.41) is 4.12. The molecule has 178 valence electrons. The predicted molar refractivity (Wildman–Crippen MR) is 134 cm³/mol. The average molecular weight is 491 g/mol. The number of carbonyl (C=O) groups is 4. The molecule has 1 aliphatic rings. The Hall–Kier alpha value is -4.11. The number of esters is 1. The van der Waals surface area contributed by atoms with Crippen molar-refractivity contribution in [2.24, 2.45) is 0 Å². The van der Waals surface area contributed by atoms with Crippen LogP contribution in [0.15, 0.2) is 71.6 Å². The minimum absolute atomic E-state index is 0.201. The maximum Gasteiger partial charge on any atom is 0.344 e. The Morgan fingerprint density at radius 3 is 2.51 bits per heavy atom. The summed E-state index contributed by atoms with van der Waals surface area (Å²) < 4.78 is 10.2. The first kappa shape index (κ1) is 24.0. The first-order valence-electron chi connectivity index (χ1n) is 10.9. The zero-order valence-electron chi connectivity index (χ0n) is 18.9. The summed E-state index contributed by atoms with van der Waals surface area (Å²) in [6.45, 7) is 1.41. The van der Waals surface area contributed by atoms with Gasteiger partial charge in [0.05, 0.1) is 11.5 Å². The van der Waals surface area contributed by atoms with Gasteiger partial charge in [-0.2, -0.15) is 0 Å². The second-order valence-corrected chi connectivity index (χ2v) is 8.50. The molecule has 0 atom stereocenters. The van der Waals surface area contributed by atoms with E-state index in [1.54, 1.807) is 43.3 Å². The summed E-state index contributed by atoms with van der Waals surface area (Å²) in [6.07, 6.45) is 1.57. The fraction of sp³-hybridized carbons (Fsp3) is 0.154. The van der Waals surface area contributed by atoms with Crippen molar-refractivity contribution in [1.29, 1.82) is 0 Å². The van der Waals surface area contributed by atoms with Crippen molar-refractivity contribution in [1.82, 2.24) is 4.90 Å². The monoisotopic (exact) mass is 490 g/mol. The predicted octanol–water partition coefficient (Wildman–Crippen LogP) is 4.46. The van der Waals surface area contributed by atoms with Crippen molar-refractivity contribution >= 4 is 57.3 Å². The summed E-state index contributed by atoms with van der Waals surface area (Å²) in [7, 11) is 0. The molecule has 0 spiro atoms. The van der Waals surface area contributed by atoms with E-state index < -0.39 is 23.0 Å². The number of hydrogen-bond acceptors (Lipinski definition) is 7. The molecule has 1 aliphatic heterocycles. The molecule has 9 heteroatoms. The number of benzene rings is 3. The lowest BCUT2D eigenvalue weighted by molar-refractivity contribution is -0.145. The number of carbonyl (C=O) groups excluding carboxylic acids is 4. The quantitative estimate of drug-likeness (QED) is 0.367. The highest BCUT2D eigenvalue weighted by Crippen LogP contribution is 2.32. The van der Waals surface area contributed by atoms with Crippen LogP contribution in [0.5, 0.6) is 5.75 Å². The maximum absolute atomic E-state index is 12.8. The number of nitrogens with zero attached hydrogens (tertiary/aromatic N) is 1. The minimum atomic E-state index is -0.532. The van der Waals surface area contributed by atoms with E-state index in [-0.39, 0.29) is 24.7 Å². The van der Waals surface area contributed by atoms with Gasteiger partial charge in [-0.05, 0) is 53.9 Å². The van der Waals surface area contributed by atoms with Crippen LogP contribution in [0.4, 0.5) is 10.5 Å². The van der Waals surface area contributed by atoms with Gasteiger partial charge in [0.1, 0.15) is 12.3 Å². The van der Waals surface area contributed by atoms with Gasteiger partial charge in [-0.1, -0.05) is 48.5 Å². The van der Waals surface area contributed by atoms with E-state index in [0.29, 0.717) is 17.0 Å². The Kier molecular flexibility index (Phi) is 7.47. The van der Waals surface area contributed by atoms with E-state index >= 15 is 0 Å². The molecular formula is C26H22N2O6S. The summed E-state index contributed by atoms with van der Waals surface area (Å²) in [6, 6.07) is 19.8. The van der Waals surface area contributed by atoms with Crippen LogP contribution >= 0.6 is 11.8 Å². The minimum Gasteiger partial charge on any atom is -0.482 e. The number of nitrogens with one attached hydrogen (secondary N) is 1. The lowest BCUT2D eigenvalue weighted by atomic mass is 10.1. The fourth-order valence-electron chi connectivity index (χ4n) is 3.46. The highest BCUT2D eigenvalue weighted by Gasteiger charge is 2.36. The van der Waals surface area contributed by atoms with Gasteiger partial charge in [0.15, 0.2) is 6.61 Å². The highest BCUT2D eigenvalue weighted by atomic mass is 32.2. The molecule has 4 rings (SSSR count). The maximum atomic E-state index is 12.8. The zero-order valence-corrected chi connectivity index (χ0v) is 19.7. The number of amides is 3. The molecule has 0 radical (unpaired) electrons. The molecule has 0 unspecified atom stereocenters. The van der Waals surface area contributed by atoms with Crippen molar-refractivity contribution in [3.8, 4) is 5.75 Å². The van der Waals surface area contributed by atoms with E-state index in [0.717, 1.165) is 27.4 Å². The van der Waals surface area contributed by atoms with Gasteiger partial charge in [-0.25, -0.2) is 4.79 Å². The van der Waals surface area contributed by atoms with Crippen LogP contribution in [0.1, 0.15) is 12.5 Å². The molecule has 35 heavy (non-hydrogen) atoms. The zero-order chi connectivity index (χ0) is 24.8. The Morgan fingerprint density at radius 1 is 1.00 bits per heavy atom. The molecule has 0 bridgehead atoms. The molecule has 0 aliphatic carbocycles. The van der Waals surface area contributed by atoms with Crippen molar-refractivity contribution in [3.63, 3.8) is 0 Å². The van der Waals surface area contributed by atoms with E-state index in [1.807, 2.05) is 36.4 Å². The number of ether oxygens (including phenoxy) is 2. The van der Waals surface area contributed by atoms with Gasteiger partial charge in [0.2, 0.25) is 5.91 Å². The summed E-state index contributed by atoms with van der Waals surface area (Å²) >= 11 is 0.777. The van der Waals surface area contributed by atoms with Gasteiger partial charge >= 0.3 is 5.97 Å². The summed E-state index contributed by atoms with van der Waals surface area (Å²) in [5.74, 6) is -0.994. The van der Waals surface area contributed by atoms with E-state index in [2.05, 4.69) is 5.32 Å². The van der Waals surface area contributed by atoms with E-state index in [1.165, 1.54) is 0 Å². The number of hydrogen-bond donors (Lipinski definition) is 1.